The second-order valence-electron chi connectivity index (χ2n) is 14.5. The van der Waals surface area contributed by atoms with Crippen molar-refractivity contribution in [1.82, 2.24) is 4.90 Å². The predicted octanol–water partition coefficient (Wildman–Crippen LogP) is 2.63. The van der Waals surface area contributed by atoms with Crippen LogP contribution in [0.25, 0.3) is 0 Å². The molecule has 1 spiro atoms. The molecule has 256 valence electrons. The van der Waals surface area contributed by atoms with Gasteiger partial charge in [0.2, 0.25) is 10.0 Å². The number of anilines is 1. The number of nitrogens with one attached hydrogen (secondary N) is 1. The van der Waals surface area contributed by atoms with Crippen molar-refractivity contribution in [2.45, 2.75) is 86.6 Å². The number of rotatable bonds is 11. The number of likely N-dealkylation sites (N-methyl/N-ethyl adjacent to an activating group) is 1. The second-order valence-corrected chi connectivity index (χ2v) is 16.7. The van der Waals surface area contributed by atoms with Crippen LogP contribution in [0.1, 0.15) is 55.8 Å². The van der Waals surface area contributed by atoms with E-state index in [0.717, 1.165) is 0 Å². The molecule has 0 radical (unpaired) electrons. The molecule has 1 aliphatic heterocycles. The third-order valence-corrected chi connectivity index (χ3v) is 14.8. The van der Waals surface area contributed by atoms with Gasteiger partial charge in [0.25, 0.3) is 0 Å². The third-order valence-electron chi connectivity index (χ3n) is 13.1. The number of likely N-dealkylation sites (tertiary alicyclic amines) is 1. The first kappa shape index (κ1) is 33.0. The molecule has 6 aliphatic rings. The van der Waals surface area contributed by atoms with E-state index in [-0.39, 0.29) is 71.2 Å². The van der Waals surface area contributed by atoms with E-state index in [9.17, 15) is 23.4 Å². The molecule has 11 nitrogen and oxygen atoms in total. The molecule has 1 unspecified atom stereocenters. The van der Waals surface area contributed by atoms with Crippen LogP contribution in [-0.4, -0.2) is 117 Å². The van der Waals surface area contributed by atoms with Gasteiger partial charge in [-0.05, 0) is 50.8 Å². The van der Waals surface area contributed by atoms with E-state index < -0.39 is 44.3 Å². The monoisotopic (exact) mass is 682 g/mol. The lowest BCUT2D eigenvalue weighted by Gasteiger charge is -2.70. The van der Waals surface area contributed by atoms with Crippen molar-refractivity contribution in [1.29, 1.82) is 0 Å². The van der Waals surface area contributed by atoms with Crippen LogP contribution < -0.4 is 4.72 Å². The lowest BCUT2D eigenvalue weighted by atomic mass is 9.44. The lowest BCUT2D eigenvalue weighted by Crippen LogP contribution is -2.83. The van der Waals surface area contributed by atoms with Crippen LogP contribution in [-0.2, 0) is 29.0 Å². The summed E-state index contributed by atoms with van der Waals surface area (Å²) in [4.78, 5) is 16.6. The van der Waals surface area contributed by atoms with E-state index in [1.54, 1.807) is 45.6 Å². The fourth-order valence-corrected chi connectivity index (χ4v) is 13.3. The smallest absolute Gasteiger partial charge is 0.340 e. The topological polar surface area (TPSA) is 144 Å². The summed E-state index contributed by atoms with van der Waals surface area (Å²) < 4.78 is 53.2. The van der Waals surface area contributed by atoms with Crippen molar-refractivity contribution >= 4 is 33.3 Å². The zero-order valence-electron chi connectivity index (χ0n) is 27.0. The summed E-state index contributed by atoms with van der Waals surface area (Å²) in [6.45, 7) is 3.23. The molecule has 0 amide bonds. The van der Waals surface area contributed by atoms with E-state index in [0.29, 0.717) is 45.2 Å². The van der Waals surface area contributed by atoms with Gasteiger partial charge >= 0.3 is 5.97 Å². The molecule has 5 saturated carbocycles. The molecule has 0 aromatic heterocycles. The zero-order chi connectivity index (χ0) is 32.9. The average molecular weight is 683 g/mol. The molecule has 6 fully saturated rings. The molecule has 13 heteroatoms. The highest BCUT2D eigenvalue weighted by atomic mass is 35.5. The molecule has 7 bridgehead atoms. The van der Waals surface area contributed by atoms with Crippen LogP contribution in [0.5, 0.6) is 0 Å². The first-order valence-corrected chi connectivity index (χ1v) is 18.8. The number of aliphatic hydroxyl groups is 2. The Labute approximate surface area is 276 Å². The van der Waals surface area contributed by atoms with Crippen molar-refractivity contribution in [2.24, 2.45) is 29.1 Å². The van der Waals surface area contributed by atoms with Crippen molar-refractivity contribution in [2.75, 3.05) is 50.8 Å². The Bertz CT molecular complexity index is 1480. The number of hydrogen-bond acceptors (Lipinski definition) is 10. The fraction of sp³-hybridized carbons (Fsp3) is 0.788. The largest absolute Gasteiger partial charge is 0.454 e. The van der Waals surface area contributed by atoms with Crippen LogP contribution in [0.4, 0.5) is 5.69 Å². The minimum absolute atomic E-state index is 0.0947. The van der Waals surface area contributed by atoms with Gasteiger partial charge in [-0.25, -0.2) is 13.2 Å². The van der Waals surface area contributed by atoms with Gasteiger partial charge in [-0.1, -0.05) is 19.1 Å². The Morgan fingerprint density at radius 3 is 2.54 bits per heavy atom. The summed E-state index contributed by atoms with van der Waals surface area (Å²) in [5.41, 5.74) is -4.26. The molecule has 3 N–H and O–H groups in total. The molecule has 1 saturated heterocycles. The molecule has 1 heterocycles. The number of ether oxygens (including phenoxy) is 4. The van der Waals surface area contributed by atoms with Crippen LogP contribution >= 0.6 is 11.6 Å². The fourth-order valence-electron chi connectivity index (χ4n) is 11.9. The highest BCUT2D eigenvalue weighted by molar-refractivity contribution is 7.92. The maximum atomic E-state index is 14.2. The molecular weight excluding hydrogens is 636 g/mol. The number of para-hydroxylation sites is 1. The van der Waals surface area contributed by atoms with Gasteiger partial charge in [-0.2, -0.15) is 0 Å². The molecule has 1 aromatic rings. The third kappa shape index (κ3) is 4.10. The number of halogens is 1. The Morgan fingerprint density at radius 1 is 1.11 bits per heavy atom. The van der Waals surface area contributed by atoms with E-state index in [1.807, 2.05) is 0 Å². The van der Waals surface area contributed by atoms with E-state index in [2.05, 4.69) is 16.5 Å². The Kier molecular flexibility index (Phi) is 8.08. The van der Waals surface area contributed by atoms with Crippen LogP contribution in [0.2, 0.25) is 0 Å². The Hall–Kier alpha value is -1.51. The molecule has 1 aromatic carbocycles. The van der Waals surface area contributed by atoms with Crippen LogP contribution in [0.3, 0.4) is 0 Å². The number of piperidine rings is 1. The quantitative estimate of drug-likeness (QED) is 0.235. The number of alkyl halides is 1. The molecule has 12 atom stereocenters. The van der Waals surface area contributed by atoms with Gasteiger partial charge in [0.1, 0.15) is 16.8 Å². The summed E-state index contributed by atoms with van der Waals surface area (Å²) in [5.74, 6) is -1.58. The summed E-state index contributed by atoms with van der Waals surface area (Å²) in [6.07, 6.45) is 1.81. The maximum absolute atomic E-state index is 14.2. The SMILES string of the molecule is CCN1C[C@]2(OC(=O)c3ccccc3NS(=O)(=O)CCCCl)CC[C@H](OC)[C@]34C1[C@H](C[C@H]23)[C@@]1(O)C[C@H](OC)[C@H]2C[C@@H]4[C@]1(O)[C@H]2OC. The number of benzene rings is 1. The number of esters is 1. The van der Waals surface area contributed by atoms with Gasteiger partial charge in [0.15, 0.2) is 0 Å². The van der Waals surface area contributed by atoms with Crippen molar-refractivity contribution in [3.8, 4) is 0 Å². The standard InChI is InChI=1S/C33H47ClN2O9S/c1-5-36-18-30(45-29(37)19-9-6-7-10-22(19)35-46(40,41)14-8-13-34)12-11-26(43-3)32-24(30)16-21(27(32)36)31(38)17-23(42-2)20-15-25(32)33(31,39)28(20)44-4/h6-7,9-10,20-21,23-28,35,38-39H,5,8,11-18H2,1-4H3/t20-,21+,23+,24-,25+,26+,27?,28+,30-,31+,32+,33+/m1/s1. The van der Waals surface area contributed by atoms with Gasteiger partial charge < -0.3 is 29.2 Å². The van der Waals surface area contributed by atoms with Crippen LogP contribution in [0, 0.1) is 29.1 Å². The summed E-state index contributed by atoms with van der Waals surface area (Å²) in [5, 5.41) is 25.8. The number of nitrogens with zero attached hydrogens (tertiary/aromatic N) is 1. The normalized spacial score (nSPS) is 45.5. The van der Waals surface area contributed by atoms with Crippen molar-refractivity contribution < 1.29 is 42.4 Å². The van der Waals surface area contributed by atoms with Crippen LogP contribution in [0.15, 0.2) is 24.3 Å². The lowest BCUT2D eigenvalue weighted by molar-refractivity contribution is -0.337. The Morgan fingerprint density at radius 2 is 1.87 bits per heavy atom. The Balaban J connectivity index is 1.32. The average Bonchev–Trinajstić information content (AvgIpc) is 3.46. The van der Waals surface area contributed by atoms with Crippen molar-refractivity contribution in [3.05, 3.63) is 29.8 Å². The summed E-state index contributed by atoms with van der Waals surface area (Å²) in [6, 6.07) is 6.41. The number of carbonyl (C=O) groups is 1. The van der Waals surface area contributed by atoms with Gasteiger partial charge in [0.05, 0.1) is 35.3 Å². The number of sulfonamides is 1. The minimum Gasteiger partial charge on any atom is -0.454 e. The highest BCUT2D eigenvalue weighted by Gasteiger charge is 2.89. The zero-order valence-corrected chi connectivity index (χ0v) is 28.6. The predicted molar refractivity (Wildman–Crippen MR) is 170 cm³/mol. The van der Waals surface area contributed by atoms with E-state index >= 15 is 0 Å². The number of fused-ring (bicyclic) bond motifs is 2. The molecular formula is C33H47ClN2O9S. The molecule has 46 heavy (non-hydrogen) atoms. The van der Waals surface area contributed by atoms with Gasteiger partial charge in [0, 0.05) is 75.3 Å². The summed E-state index contributed by atoms with van der Waals surface area (Å²) >= 11 is 5.74. The maximum Gasteiger partial charge on any atom is 0.340 e. The summed E-state index contributed by atoms with van der Waals surface area (Å²) in [7, 11) is 1.26. The number of carbonyl (C=O) groups excluding carboxylic acids is 1. The second kappa shape index (κ2) is 11.3. The first-order chi connectivity index (χ1) is 21.9. The van der Waals surface area contributed by atoms with Gasteiger partial charge in [-0.15, -0.1) is 11.6 Å². The number of methoxy groups -OCH3 is 3. The van der Waals surface area contributed by atoms with Gasteiger partial charge in [-0.3, -0.25) is 9.62 Å². The minimum atomic E-state index is -3.74. The first-order valence-electron chi connectivity index (χ1n) is 16.6. The van der Waals surface area contributed by atoms with E-state index in [1.165, 1.54) is 0 Å². The van der Waals surface area contributed by atoms with Crippen molar-refractivity contribution in [3.63, 3.8) is 0 Å². The number of hydrogen-bond donors (Lipinski definition) is 3. The molecule has 5 aliphatic carbocycles. The highest BCUT2D eigenvalue weighted by Crippen LogP contribution is 2.79. The molecule has 7 rings (SSSR count). The van der Waals surface area contributed by atoms with E-state index in [4.69, 9.17) is 30.5 Å².